The first-order valence-electron chi connectivity index (χ1n) is 11.8. The fraction of sp³-hybridized carbons (Fsp3) is 0.296. The molecule has 1 saturated carbocycles. The molecular formula is C27H25N3O4. The Balaban J connectivity index is 1.64. The molecule has 1 aliphatic heterocycles. The van der Waals surface area contributed by atoms with Gasteiger partial charge in [-0.25, -0.2) is 4.79 Å². The molecule has 0 saturated heterocycles. The Hall–Kier alpha value is -3.87. The zero-order chi connectivity index (χ0) is 23.2. The Morgan fingerprint density at radius 2 is 1.97 bits per heavy atom. The van der Waals surface area contributed by atoms with Crippen molar-refractivity contribution in [3.05, 3.63) is 65.3 Å². The summed E-state index contributed by atoms with van der Waals surface area (Å²) in [6, 6.07) is 14.0. The number of carboxylic acid groups (broad SMARTS) is 1. The van der Waals surface area contributed by atoms with Crippen molar-refractivity contribution < 1.29 is 19.2 Å². The third-order valence-corrected chi connectivity index (χ3v) is 6.97. The molecular weight excluding hydrogens is 430 g/mol. The smallest absolute Gasteiger partial charge is 0.449 e. The fourth-order valence-electron chi connectivity index (χ4n) is 5.58. The van der Waals surface area contributed by atoms with Crippen LogP contribution in [0.5, 0.6) is 5.75 Å². The van der Waals surface area contributed by atoms with Gasteiger partial charge in [-0.3, -0.25) is 0 Å². The number of aromatic nitrogens is 3. The molecule has 7 nitrogen and oxygen atoms in total. The summed E-state index contributed by atoms with van der Waals surface area (Å²) in [5.41, 5.74) is 6.67. The maximum absolute atomic E-state index is 11.2. The molecule has 0 radical (unpaired) electrons. The highest BCUT2D eigenvalue weighted by Crippen LogP contribution is 2.47. The van der Waals surface area contributed by atoms with Gasteiger partial charge < -0.3 is 18.9 Å². The zero-order valence-corrected chi connectivity index (χ0v) is 19.0. The number of allylic oxidation sites excluding steroid dienone is 1. The average Bonchev–Trinajstić information content (AvgIpc) is 3.35. The summed E-state index contributed by atoms with van der Waals surface area (Å²) in [6.45, 7) is 2.34. The quantitative estimate of drug-likeness (QED) is 0.274. The Bertz CT molecular complexity index is 1440. The molecule has 0 unspecified atom stereocenters. The normalized spacial score (nSPS) is 16.0. The van der Waals surface area contributed by atoms with Gasteiger partial charge in [-0.15, -0.1) is 0 Å². The molecule has 6 rings (SSSR count). The third-order valence-electron chi connectivity index (χ3n) is 6.97. The number of ether oxygens (including phenoxy) is 1. The Morgan fingerprint density at radius 1 is 1.15 bits per heavy atom. The van der Waals surface area contributed by atoms with Gasteiger partial charge in [0.2, 0.25) is 0 Å². The first-order valence-corrected chi connectivity index (χ1v) is 11.8. The molecule has 0 atom stereocenters. The minimum absolute atomic E-state index is 0.312. The van der Waals surface area contributed by atoms with E-state index in [4.69, 9.17) is 9.26 Å². The van der Waals surface area contributed by atoms with Crippen LogP contribution in [0.2, 0.25) is 0 Å². The average molecular weight is 456 g/mol. The van der Waals surface area contributed by atoms with Gasteiger partial charge in [0.1, 0.15) is 5.75 Å². The van der Waals surface area contributed by atoms with Crippen molar-refractivity contribution in [3.8, 4) is 17.0 Å². The Kier molecular flexibility index (Phi) is 4.98. The van der Waals surface area contributed by atoms with E-state index in [1.54, 1.807) is 6.07 Å². The summed E-state index contributed by atoms with van der Waals surface area (Å²) in [5, 5.41) is 14.3. The molecule has 2 aromatic heterocycles. The second kappa shape index (κ2) is 8.17. The highest BCUT2D eigenvalue weighted by molar-refractivity contribution is 5.98. The Labute approximate surface area is 196 Å². The lowest BCUT2D eigenvalue weighted by molar-refractivity contribution is 0.144. The number of rotatable bonds is 3. The van der Waals surface area contributed by atoms with Crippen LogP contribution >= 0.6 is 0 Å². The van der Waals surface area contributed by atoms with E-state index in [9.17, 15) is 9.90 Å². The monoisotopic (exact) mass is 455 g/mol. The van der Waals surface area contributed by atoms with Crippen LogP contribution in [0.15, 0.2) is 47.0 Å². The first-order chi connectivity index (χ1) is 16.6. The molecule has 4 aromatic rings. The third kappa shape index (κ3) is 3.48. The minimum atomic E-state index is -1.32. The predicted octanol–water partition coefficient (Wildman–Crippen LogP) is 6.66. The van der Waals surface area contributed by atoms with E-state index in [1.807, 2.05) is 25.1 Å². The number of nitrogens with zero attached hydrogens (tertiary/aromatic N) is 3. The van der Waals surface area contributed by atoms with Gasteiger partial charge >= 0.3 is 6.16 Å². The molecule has 2 aliphatic rings. The molecule has 34 heavy (non-hydrogen) atoms. The zero-order valence-electron chi connectivity index (χ0n) is 19.0. The Morgan fingerprint density at radius 3 is 2.74 bits per heavy atom. The van der Waals surface area contributed by atoms with Crippen molar-refractivity contribution in [3.63, 3.8) is 0 Å². The van der Waals surface area contributed by atoms with E-state index in [0.717, 1.165) is 40.4 Å². The molecule has 0 spiro atoms. The van der Waals surface area contributed by atoms with Crippen LogP contribution in [0.25, 0.3) is 33.8 Å². The van der Waals surface area contributed by atoms with Crippen LogP contribution in [0.1, 0.15) is 60.9 Å². The number of benzene rings is 2. The summed E-state index contributed by atoms with van der Waals surface area (Å²) >= 11 is 0. The number of fused-ring (bicyclic) bond motifs is 5. The van der Waals surface area contributed by atoms with Crippen LogP contribution in [-0.2, 0) is 6.54 Å². The van der Waals surface area contributed by atoms with E-state index in [-0.39, 0.29) is 0 Å². The van der Waals surface area contributed by atoms with E-state index in [0.29, 0.717) is 29.9 Å². The molecule has 0 amide bonds. The number of hydrogen-bond donors (Lipinski definition) is 1. The molecule has 7 heteroatoms. The predicted molar refractivity (Wildman–Crippen MR) is 129 cm³/mol. The van der Waals surface area contributed by atoms with Crippen molar-refractivity contribution in [2.75, 3.05) is 0 Å². The van der Waals surface area contributed by atoms with Crippen LogP contribution in [0, 0.1) is 6.92 Å². The molecule has 172 valence electrons. The van der Waals surface area contributed by atoms with Crippen molar-refractivity contribution >= 4 is 28.7 Å². The van der Waals surface area contributed by atoms with Gasteiger partial charge in [0.05, 0.1) is 17.8 Å². The van der Waals surface area contributed by atoms with Gasteiger partial charge in [-0.05, 0) is 55.0 Å². The lowest BCUT2D eigenvalue weighted by Gasteiger charge is -2.24. The van der Waals surface area contributed by atoms with Crippen LogP contribution in [0.3, 0.4) is 0 Å². The van der Waals surface area contributed by atoms with Crippen LogP contribution < -0.4 is 4.74 Å². The highest BCUT2D eigenvalue weighted by atomic mass is 16.7. The van der Waals surface area contributed by atoms with Gasteiger partial charge in [0.15, 0.2) is 5.82 Å². The summed E-state index contributed by atoms with van der Waals surface area (Å²) in [4.78, 5) is 15.7. The minimum Gasteiger partial charge on any atom is -0.449 e. The summed E-state index contributed by atoms with van der Waals surface area (Å²) < 4.78 is 12.9. The fourth-order valence-corrected chi connectivity index (χ4v) is 5.58. The molecule has 1 N–H and O–H groups in total. The topological polar surface area (TPSA) is 90.4 Å². The second-order valence-electron chi connectivity index (χ2n) is 9.13. The first kappa shape index (κ1) is 20.7. The summed E-state index contributed by atoms with van der Waals surface area (Å²) in [5.74, 6) is 1.86. The molecule has 2 aromatic carbocycles. The van der Waals surface area contributed by atoms with Crippen molar-refractivity contribution in [1.29, 1.82) is 0 Å². The molecule has 1 aliphatic carbocycles. The summed E-state index contributed by atoms with van der Waals surface area (Å²) in [6.07, 6.45) is 6.85. The SMILES string of the molecule is Cc1noc(C2=Cc3ccccc3-c3c(C4CCCCC4)c4ccc(OC(=O)O)cc4n3C2)n1. The number of hydrogen-bond acceptors (Lipinski definition) is 5. The van der Waals surface area contributed by atoms with Crippen molar-refractivity contribution in [1.82, 2.24) is 14.7 Å². The number of aryl methyl sites for hydroxylation is 1. The number of carbonyl (C=O) groups is 1. The second-order valence-corrected chi connectivity index (χ2v) is 9.13. The lowest BCUT2D eigenvalue weighted by Crippen LogP contribution is -2.07. The standard InChI is InChI=1S/C27H25N3O4/c1-16-28-26(34-29-16)19-13-18-9-5-6-10-21(18)25-24(17-7-3-2-4-8-17)22-12-11-20(33-27(31)32)14-23(22)30(25)15-19/h5-6,9-14,17H,2-4,7-8,15H2,1H3,(H,31,32). The van der Waals surface area contributed by atoms with Gasteiger partial charge in [0.25, 0.3) is 5.89 Å². The van der Waals surface area contributed by atoms with Crippen molar-refractivity contribution in [2.45, 2.75) is 51.5 Å². The highest BCUT2D eigenvalue weighted by Gasteiger charge is 2.30. The van der Waals surface area contributed by atoms with E-state index >= 15 is 0 Å². The molecule has 0 bridgehead atoms. The van der Waals surface area contributed by atoms with Crippen molar-refractivity contribution in [2.24, 2.45) is 0 Å². The van der Waals surface area contributed by atoms with E-state index < -0.39 is 6.16 Å². The van der Waals surface area contributed by atoms with Gasteiger partial charge in [-0.1, -0.05) is 48.7 Å². The van der Waals surface area contributed by atoms with Crippen LogP contribution in [0.4, 0.5) is 4.79 Å². The van der Waals surface area contributed by atoms with Gasteiger partial charge in [0, 0.05) is 22.6 Å². The van der Waals surface area contributed by atoms with E-state index in [1.165, 1.54) is 30.5 Å². The molecule has 1 fully saturated rings. The maximum atomic E-state index is 11.2. The lowest BCUT2D eigenvalue weighted by atomic mass is 9.81. The maximum Gasteiger partial charge on any atom is 0.511 e. The van der Waals surface area contributed by atoms with Gasteiger partial charge in [-0.2, -0.15) is 4.98 Å². The largest absolute Gasteiger partial charge is 0.511 e. The van der Waals surface area contributed by atoms with Crippen LogP contribution in [-0.4, -0.2) is 26.0 Å². The summed E-state index contributed by atoms with van der Waals surface area (Å²) in [7, 11) is 0. The molecule has 3 heterocycles. The van der Waals surface area contributed by atoms with E-state index in [2.05, 4.69) is 39.0 Å².